The lowest BCUT2D eigenvalue weighted by molar-refractivity contribution is -0.149. The lowest BCUT2D eigenvalue weighted by atomic mass is 9.93. The number of nitrogens with one attached hydrogen (secondary N) is 2. The molecule has 0 spiro atoms. The first-order valence-corrected chi connectivity index (χ1v) is 14.0. The summed E-state index contributed by atoms with van der Waals surface area (Å²) in [6.45, 7) is 5.64. The minimum atomic E-state index is -4.30. The number of imidazole rings is 1. The second-order valence-electron chi connectivity index (χ2n) is 9.70. The van der Waals surface area contributed by atoms with E-state index < -0.39 is 62.0 Å². The van der Waals surface area contributed by atoms with E-state index in [1.54, 1.807) is 32.0 Å². The second-order valence-corrected chi connectivity index (χ2v) is 11.4. The summed E-state index contributed by atoms with van der Waals surface area (Å²) in [6, 6.07) is 7.00. The molecule has 18 heteroatoms. The monoisotopic (exact) mass is 591 g/mol. The number of nitrogen functional groups attached to an aromatic ring is 1. The Hall–Kier alpha value is -3.98. The number of azide groups is 1. The number of aromatic nitrogens is 4. The smallest absolute Gasteiger partial charge is 0.459 e. The number of nitrogens with two attached hydrogens (primary N) is 1. The van der Waals surface area contributed by atoms with Crippen LogP contribution in [0, 0.1) is 0 Å². The van der Waals surface area contributed by atoms with Gasteiger partial charge in [0.05, 0.1) is 25.1 Å². The summed E-state index contributed by atoms with van der Waals surface area (Å²) in [4.78, 5) is 38.0. The van der Waals surface area contributed by atoms with Crippen LogP contribution in [0.5, 0.6) is 5.75 Å². The van der Waals surface area contributed by atoms with Crippen molar-refractivity contribution in [3.63, 3.8) is 0 Å². The molecule has 3 aromatic rings. The Kier molecular flexibility index (Phi) is 8.68. The molecule has 0 amide bonds. The molecule has 1 aliphatic heterocycles. The van der Waals surface area contributed by atoms with E-state index in [-0.39, 0.29) is 22.9 Å². The van der Waals surface area contributed by atoms with Gasteiger partial charge < -0.3 is 24.8 Å². The fourth-order valence-corrected chi connectivity index (χ4v) is 5.71. The van der Waals surface area contributed by atoms with Crippen LogP contribution in [-0.2, 0) is 23.4 Å². The van der Waals surface area contributed by atoms with E-state index in [1.165, 1.54) is 36.9 Å². The van der Waals surface area contributed by atoms with Crippen molar-refractivity contribution in [2.75, 3.05) is 12.3 Å². The zero-order valence-corrected chi connectivity index (χ0v) is 23.5. The fourth-order valence-electron chi connectivity index (χ4n) is 4.20. The van der Waals surface area contributed by atoms with Gasteiger partial charge in [-0.25, -0.2) is 9.55 Å². The molecule has 17 nitrogen and oxygen atoms in total. The Morgan fingerprint density at radius 1 is 1.39 bits per heavy atom. The van der Waals surface area contributed by atoms with Crippen molar-refractivity contribution in [3.8, 4) is 5.75 Å². The number of benzene rings is 1. The predicted octanol–water partition coefficient (Wildman–Crippen LogP) is 2.16. The summed E-state index contributed by atoms with van der Waals surface area (Å²) in [5, 5.41) is 17.5. The molecule has 4 rings (SSSR count). The minimum absolute atomic E-state index is 0.0154. The van der Waals surface area contributed by atoms with Crippen LogP contribution in [0.1, 0.15) is 33.9 Å². The van der Waals surface area contributed by atoms with Crippen molar-refractivity contribution < 1.29 is 33.0 Å². The van der Waals surface area contributed by atoms with Crippen molar-refractivity contribution in [3.05, 3.63) is 57.5 Å². The Balaban J connectivity index is 1.62. The van der Waals surface area contributed by atoms with Crippen LogP contribution in [0.4, 0.5) is 5.95 Å². The van der Waals surface area contributed by atoms with Crippen LogP contribution in [0.25, 0.3) is 21.6 Å². The van der Waals surface area contributed by atoms with Crippen LogP contribution < -0.4 is 20.9 Å². The average molecular weight is 592 g/mol. The highest BCUT2D eigenvalue weighted by Crippen LogP contribution is 2.48. The van der Waals surface area contributed by atoms with Crippen LogP contribution in [0.2, 0.25) is 0 Å². The van der Waals surface area contributed by atoms with Crippen molar-refractivity contribution in [1.82, 2.24) is 24.6 Å². The van der Waals surface area contributed by atoms with E-state index in [4.69, 9.17) is 24.3 Å². The number of aliphatic hydroxyl groups excluding tert-OH is 1. The predicted molar refractivity (Wildman–Crippen MR) is 144 cm³/mol. The summed E-state index contributed by atoms with van der Waals surface area (Å²) >= 11 is 0. The first kappa shape index (κ1) is 30.0. The third-order valence-electron chi connectivity index (χ3n) is 6.15. The van der Waals surface area contributed by atoms with Gasteiger partial charge in [-0.3, -0.25) is 23.7 Å². The molecule has 1 aliphatic rings. The molecule has 0 unspecified atom stereocenters. The van der Waals surface area contributed by atoms with Gasteiger partial charge in [-0.1, -0.05) is 23.3 Å². The number of fused-ring (bicyclic) bond motifs is 1. The number of carbonyl (C=O) groups excluding carboxylic acids is 1. The van der Waals surface area contributed by atoms with Gasteiger partial charge in [0.1, 0.15) is 23.4 Å². The summed E-state index contributed by atoms with van der Waals surface area (Å²) in [5.41, 5.74) is 12.7. The Morgan fingerprint density at radius 2 is 2.10 bits per heavy atom. The number of para-hydroxylation sites is 1. The third kappa shape index (κ3) is 6.35. The van der Waals surface area contributed by atoms with E-state index in [9.17, 15) is 24.8 Å². The average Bonchev–Trinajstić information content (AvgIpc) is 3.42. The molecule has 0 aliphatic carbocycles. The van der Waals surface area contributed by atoms with Crippen molar-refractivity contribution in [2.45, 2.75) is 63.8 Å². The number of carbonyl (C=O) groups is 1. The van der Waals surface area contributed by atoms with E-state index in [1.807, 2.05) is 0 Å². The highest BCUT2D eigenvalue weighted by molar-refractivity contribution is 7.52. The SMILES string of the molecule is CC(C)OC(=O)[C@@H](C)N[P@@](=O)(OC[C@H]1O[C@@H](n2cnc3c(=O)[nH]c(N)nc32)[C@](C)(N=[N+]=[N-])[C@@H]1O)Oc1ccccc1. The normalized spacial score (nSPS) is 24.5. The van der Waals surface area contributed by atoms with Gasteiger partial charge in [-0.2, -0.15) is 10.1 Å². The van der Waals surface area contributed by atoms with Gasteiger partial charge in [0, 0.05) is 4.91 Å². The van der Waals surface area contributed by atoms with Gasteiger partial charge in [-0.15, -0.1) is 0 Å². The van der Waals surface area contributed by atoms with Crippen molar-refractivity contribution >= 4 is 30.8 Å². The van der Waals surface area contributed by atoms with E-state index >= 15 is 0 Å². The number of hydrogen-bond acceptors (Lipinski definition) is 12. The van der Waals surface area contributed by atoms with Crippen molar-refractivity contribution in [2.24, 2.45) is 5.11 Å². The quantitative estimate of drug-likeness (QED) is 0.0824. The summed E-state index contributed by atoms with van der Waals surface area (Å²) in [7, 11) is -4.30. The fraction of sp³-hybridized carbons (Fsp3) is 0.478. The van der Waals surface area contributed by atoms with Crippen LogP contribution in [0.3, 0.4) is 0 Å². The molecule has 1 aromatic carbocycles. The number of aromatic amines is 1. The van der Waals surface area contributed by atoms with Gasteiger partial charge >= 0.3 is 13.7 Å². The number of H-pyrrole nitrogens is 1. The molecule has 5 N–H and O–H groups in total. The molecular weight excluding hydrogens is 561 g/mol. The number of ether oxygens (including phenoxy) is 2. The maximum Gasteiger partial charge on any atom is 0.459 e. The number of nitrogens with zero attached hydrogens (tertiary/aromatic N) is 6. The molecule has 0 radical (unpaired) electrons. The van der Waals surface area contributed by atoms with Gasteiger partial charge in [0.15, 0.2) is 17.4 Å². The minimum Gasteiger partial charge on any atom is -0.462 e. The highest BCUT2D eigenvalue weighted by Gasteiger charge is 2.55. The highest BCUT2D eigenvalue weighted by atomic mass is 31.2. The van der Waals surface area contributed by atoms with Gasteiger partial charge in [0.25, 0.3) is 5.56 Å². The van der Waals surface area contributed by atoms with Crippen LogP contribution in [0.15, 0.2) is 46.6 Å². The molecule has 1 saturated heterocycles. The Bertz CT molecular complexity index is 1560. The third-order valence-corrected chi connectivity index (χ3v) is 7.80. The first-order chi connectivity index (χ1) is 19.4. The van der Waals surface area contributed by atoms with Crippen molar-refractivity contribution in [1.29, 1.82) is 0 Å². The number of anilines is 1. The lowest BCUT2D eigenvalue weighted by Gasteiger charge is -2.28. The number of esters is 1. The Labute approximate surface area is 233 Å². The number of aliphatic hydroxyl groups is 1. The van der Waals surface area contributed by atoms with Crippen LogP contribution in [-0.4, -0.2) is 67.1 Å². The van der Waals surface area contributed by atoms with Gasteiger partial charge in [-0.05, 0) is 45.4 Å². The maximum atomic E-state index is 13.8. The van der Waals surface area contributed by atoms with E-state index in [0.29, 0.717) is 0 Å². The molecule has 41 heavy (non-hydrogen) atoms. The Morgan fingerprint density at radius 3 is 2.76 bits per heavy atom. The van der Waals surface area contributed by atoms with E-state index in [0.717, 1.165) is 0 Å². The largest absolute Gasteiger partial charge is 0.462 e. The standard InChI is InChI=1S/C23H30N9O8P/c1-12(2)38-20(35)13(3)29-41(36,40-14-8-6-5-7-9-14)37-10-15-17(33)23(4,30-31-25)21(39-15)32-11-26-16-18(32)27-22(24)28-19(16)34/h5-9,11-13,15,17,21,33H,10H2,1-4H3,(H,29,36)(H3,24,27,28,34)/t13-,15-,17-,21-,23-,41-/m1/s1. The summed E-state index contributed by atoms with van der Waals surface area (Å²) in [6.07, 6.45) is -3.17. The lowest BCUT2D eigenvalue weighted by Crippen LogP contribution is -2.43. The molecule has 220 valence electrons. The maximum absolute atomic E-state index is 13.8. The molecule has 0 saturated carbocycles. The molecular formula is C23H30N9O8P. The summed E-state index contributed by atoms with van der Waals surface area (Å²) in [5.74, 6) is -0.707. The molecule has 0 bridgehead atoms. The number of rotatable bonds is 11. The molecule has 3 heterocycles. The molecule has 1 fully saturated rings. The van der Waals surface area contributed by atoms with Crippen LogP contribution >= 0.6 is 7.75 Å². The molecule has 6 atom stereocenters. The zero-order valence-electron chi connectivity index (χ0n) is 22.6. The first-order valence-electron chi connectivity index (χ1n) is 12.5. The summed E-state index contributed by atoms with van der Waals surface area (Å²) < 4.78 is 37.6. The van der Waals surface area contributed by atoms with E-state index in [2.05, 4.69) is 30.1 Å². The number of hydrogen-bond donors (Lipinski definition) is 4. The molecule has 2 aromatic heterocycles. The zero-order chi connectivity index (χ0) is 29.9. The topological polar surface area (TPSA) is 242 Å². The second kappa shape index (κ2) is 11.9. The van der Waals surface area contributed by atoms with Gasteiger partial charge in [0.2, 0.25) is 5.95 Å².